The summed E-state index contributed by atoms with van der Waals surface area (Å²) < 4.78 is 27.2. The minimum absolute atomic E-state index is 0.0284. The van der Waals surface area contributed by atoms with E-state index < -0.39 is 17.4 Å². The van der Waals surface area contributed by atoms with Crippen LogP contribution in [0.4, 0.5) is 8.78 Å². The molecule has 0 spiro atoms. The van der Waals surface area contributed by atoms with Crippen LogP contribution in [-0.4, -0.2) is 5.78 Å². The molecule has 0 atom stereocenters. The maximum Gasteiger partial charge on any atom is 0.170 e. The normalized spacial score (nSPS) is 10.5. The third-order valence-corrected chi connectivity index (χ3v) is 3.10. The molecule has 4 heteroatoms. The molecule has 0 fully saturated rings. The molecule has 0 N–H and O–H groups in total. The van der Waals surface area contributed by atoms with Crippen LogP contribution < -0.4 is 0 Å². The number of hydrogen-bond donors (Lipinski definition) is 0. The molecule has 0 aliphatic heterocycles. The monoisotopic (exact) mass is 280 g/mol. The molecule has 98 valence electrons. The lowest BCUT2D eigenvalue weighted by molar-refractivity contribution is 0.0988. The number of benzene rings is 2. The van der Waals surface area contributed by atoms with E-state index in [1.54, 1.807) is 19.1 Å². The van der Waals surface area contributed by atoms with E-state index in [1.165, 1.54) is 24.3 Å². The quantitative estimate of drug-likeness (QED) is 0.764. The van der Waals surface area contributed by atoms with Crippen molar-refractivity contribution in [1.29, 1.82) is 0 Å². The molecule has 1 nitrogen and oxygen atoms in total. The van der Waals surface area contributed by atoms with E-state index in [2.05, 4.69) is 0 Å². The first-order valence-electron chi connectivity index (χ1n) is 5.71. The van der Waals surface area contributed by atoms with Gasteiger partial charge in [-0.2, -0.15) is 0 Å². The molecular formula is C15H11ClF2O. The molecule has 0 aliphatic rings. The van der Waals surface area contributed by atoms with Gasteiger partial charge < -0.3 is 0 Å². The smallest absolute Gasteiger partial charge is 0.170 e. The number of carbonyl (C=O) groups is 1. The standard InChI is InChI=1S/C15H11ClF2O/c1-9-5-6-13(17)11(7-9)14(19)8-10-3-2-4-12(16)15(10)18/h2-7H,8H2,1H3. The lowest BCUT2D eigenvalue weighted by Gasteiger charge is -2.06. The average Bonchev–Trinajstić information content (AvgIpc) is 2.38. The number of aryl methyl sites for hydroxylation is 1. The third-order valence-electron chi connectivity index (χ3n) is 2.80. The van der Waals surface area contributed by atoms with Crippen LogP contribution in [0, 0.1) is 18.6 Å². The van der Waals surface area contributed by atoms with Crippen LogP contribution in [0.2, 0.25) is 5.02 Å². The van der Waals surface area contributed by atoms with E-state index in [9.17, 15) is 13.6 Å². The molecule has 0 bridgehead atoms. The Morgan fingerprint density at radius 3 is 2.68 bits per heavy atom. The largest absolute Gasteiger partial charge is 0.294 e. The second kappa shape index (κ2) is 5.49. The second-order valence-corrected chi connectivity index (χ2v) is 4.70. The summed E-state index contributed by atoms with van der Waals surface area (Å²) in [5.41, 5.74) is 0.911. The highest BCUT2D eigenvalue weighted by Crippen LogP contribution is 2.20. The Morgan fingerprint density at radius 1 is 1.21 bits per heavy atom. The Hall–Kier alpha value is -1.74. The van der Waals surface area contributed by atoms with Crippen LogP contribution in [0.5, 0.6) is 0 Å². The zero-order valence-electron chi connectivity index (χ0n) is 10.2. The van der Waals surface area contributed by atoms with Gasteiger partial charge in [-0.3, -0.25) is 4.79 Å². The highest BCUT2D eigenvalue weighted by molar-refractivity contribution is 6.30. The summed E-state index contributed by atoms with van der Waals surface area (Å²) in [6.07, 6.45) is -0.216. The summed E-state index contributed by atoms with van der Waals surface area (Å²) in [5, 5.41) is -0.0463. The molecule has 0 heterocycles. The van der Waals surface area contributed by atoms with Crippen LogP contribution >= 0.6 is 11.6 Å². The average molecular weight is 281 g/mol. The van der Waals surface area contributed by atoms with Crippen molar-refractivity contribution in [2.75, 3.05) is 0 Å². The van der Waals surface area contributed by atoms with Crippen LogP contribution in [0.15, 0.2) is 36.4 Å². The van der Waals surface area contributed by atoms with Gasteiger partial charge in [0, 0.05) is 6.42 Å². The van der Waals surface area contributed by atoms with Gasteiger partial charge in [-0.25, -0.2) is 8.78 Å². The van der Waals surface area contributed by atoms with Crippen molar-refractivity contribution >= 4 is 17.4 Å². The summed E-state index contributed by atoms with van der Waals surface area (Å²) in [5.74, 6) is -1.70. The number of ketones is 1. The van der Waals surface area contributed by atoms with Gasteiger partial charge in [-0.15, -0.1) is 0 Å². The number of hydrogen-bond acceptors (Lipinski definition) is 1. The van der Waals surface area contributed by atoms with E-state index in [1.807, 2.05) is 0 Å². The Balaban J connectivity index is 2.31. The molecule has 0 aliphatic carbocycles. The lowest BCUT2D eigenvalue weighted by atomic mass is 10.0. The Labute approximate surface area is 114 Å². The SMILES string of the molecule is Cc1ccc(F)c(C(=O)Cc2cccc(Cl)c2F)c1. The van der Waals surface area contributed by atoms with Gasteiger partial charge in [0.1, 0.15) is 11.6 Å². The first kappa shape index (κ1) is 13.7. The third kappa shape index (κ3) is 2.99. The van der Waals surface area contributed by atoms with Crippen molar-refractivity contribution in [3.63, 3.8) is 0 Å². The number of Topliss-reactive ketones (excluding diaryl/α,β-unsaturated/α-hetero) is 1. The molecule has 2 aromatic rings. The predicted octanol–water partition coefficient (Wildman–Crippen LogP) is 4.35. The molecule has 0 amide bonds. The van der Waals surface area contributed by atoms with Crippen LogP contribution in [0.25, 0.3) is 0 Å². The first-order chi connectivity index (χ1) is 8.99. The molecule has 0 unspecified atom stereocenters. The maximum absolute atomic E-state index is 13.7. The van der Waals surface area contributed by atoms with Crippen molar-refractivity contribution in [2.45, 2.75) is 13.3 Å². The van der Waals surface area contributed by atoms with Gasteiger partial charge in [-0.1, -0.05) is 35.4 Å². The van der Waals surface area contributed by atoms with Crippen molar-refractivity contribution < 1.29 is 13.6 Å². The van der Waals surface area contributed by atoms with E-state index in [0.29, 0.717) is 0 Å². The number of carbonyl (C=O) groups excluding carboxylic acids is 1. The highest BCUT2D eigenvalue weighted by atomic mass is 35.5. The molecule has 0 radical (unpaired) electrons. The van der Waals surface area contributed by atoms with Gasteiger partial charge in [-0.05, 0) is 30.7 Å². The fraction of sp³-hybridized carbons (Fsp3) is 0.133. The molecule has 2 aromatic carbocycles. The van der Waals surface area contributed by atoms with Gasteiger partial charge >= 0.3 is 0 Å². The Bertz CT molecular complexity index is 638. The van der Waals surface area contributed by atoms with E-state index in [-0.39, 0.29) is 22.6 Å². The predicted molar refractivity (Wildman–Crippen MR) is 70.6 cm³/mol. The summed E-state index contributed by atoms with van der Waals surface area (Å²) in [6.45, 7) is 1.76. The number of halogens is 3. The minimum Gasteiger partial charge on any atom is -0.294 e. The van der Waals surface area contributed by atoms with Crippen molar-refractivity contribution in [2.24, 2.45) is 0 Å². The Morgan fingerprint density at radius 2 is 1.95 bits per heavy atom. The molecular weight excluding hydrogens is 270 g/mol. The summed E-state index contributed by atoms with van der Waals surface area (Å²) in [7, 11) is 0. The molecule has 0 saturated carbocycles. The van der Waals surface area contributed by atoms with Crippen LogP contribution in [0.3, 0.4) is 0 Å². The van der Waals surface area contributed by atoms with Crippen molar-refractivity contribution in [3.05, 3.63) is 69.7 Å². The van der Waals surface area contributed by atoms with E-state index >= 15 is 0 Å². The van der Waals surface area contributed by atoms with Gasteiger partial charge in [0.2, 0.25) is 0 Å². The fourth-order valence-electron chi connectivity index (χ4n) is 1.81. The molecule has 2 rings (SSSR count). The fourth-order valence-corrected chi connectivity index (χ4v) is 2.00. The molecule has 0 saturated heterocycles. The summed E-state index contributed by atoms with van der Waals surface area (Å²) in [6, 6.07) is 8.69. The zero-order chi connectivity index (χ0) is 14.0. The van der Waals surface area contributed by atoms with E-state index in [0.717, 1.165) is 5.56 Å². The maximum atomic E-state index is 13.7. The van der Waals surface area contributed by atoms with Gasteiger partial charge in [0.25, 0.3) is 0 Å². The topological polar surface area (TPSA) is 17.1 Å². The lowest BCUT2D eigenvalue weighted by Crippen LogP contribution is -2.08. The van der Waals surface area contributed by atoms with Crippen molar-refractivity contribution in [3.8, 4) is 0 Å². The van der Waals surface area contributed by atoms with Crippen LogP contribution in [-0.2, 0) is 6.42 Å². The van der Waals surface area contributed by atoms with E-state index in [4.69, 9.17) is 11.6 Å². The molecule has 0 aromatic heterocycles. The summed E-state index contributed by atoms with van der Waals surface area (Å²) >= 11 is 5.64. The zero-order valence-corrected chi connectivity index (χ0v) is 11.0. The van der Waals surface area contributed by atoms with Crippen LogP contribution in [0.1, 0.15) is 21.5 Å². The Kier molecular flexibility index (Phi) is 3.96. The van der Waals surface area contributed by atoms with Gasteiger partial charge in [0.15, 0.2) is 5.78 Å². The molecule has 19 heavy (non-hydrogen) atoms. The first-order valence-corrected chi connectivity index (χ1v) is 6.09. The summed E-state index contributed by atoms with van der Waals surface area (Å²) in [4.78, 5) is 12.0. The highest BCUT2D eigenvalue weighted by Gasteiger charge is 2.15. The van der Waals surface area contributed by atoms with Crippen molar-refractivity contribution in [1.82, 2.24) is 0 Å². The number of rotatable bonds is 3. The second-order valence-electron chi connectivity index (χ2n) is 4.30. The van der Waals surface area contributed by atoms with Gasteiger partial charge in [0.05, 0.1) is 10.6 Å². The minimum atomic E-state index is -0.634.